The van der Waals surface area contributed by atoms with Crippen LogP contribution in [0.2, 0.25) is 0 Å². The van der Waals surface area contributed by atoms with Gasteiger partial charge in [-0.05, 0) is 38.6 Å². The molecule has 0 aliphatic carbocycles. The van der Waals surface area contributed by atoms with Gasteiger partial charge in [0.05, 0.1) is 17.1 Å². The molecule has 1 heterocycles. The zero-order chi connectivity index (χ0) is 14.9. The van der Waals surface area contributed by atoms with Crippen molar-refractivity contribution in [1.29, 1.82) is 0 Å². The van der Waals surface area contributed by atoms with Gasteiger partial charge in [0.1, 0.15) is 5.82 Å². The number of likely N-dealkylation sites (N-methyl/N-ethyl adjacent to an activating group) is 1. The van der Waals surface area contributed by atoms with Crippen LogP contribution in [0.25, 0.3) is 11.0 Å². The molecule has 2 N–H and O–H groups in total. The van der Waals surface area contributed by atoms with E-state index >= 15 is 0 Å². The number of nitrogens with zero attached hydrogens (tertiary/aromatic N) is 3. The summed E-state index contributed by atoms with van der Waals surface area (Å²) in [5.74, 6) is 0.727. The zero-order valence-corrected chi connectivity index (χ0v) is 12.6. The normalized spacial score (nSPS) is 13.6. The number of hydrogen-bond acceptors (Lipinski definition) is 3. The number of fused-ring (bicyclic) bond motifs is 1. The minimum atomic E-state index is -0.282. The van der Waals surface area contributed by atoms with Crippen LogP contribution < -0.4 is 5.73 Å². The lowest BCUT2D eigenvalue weighted by molar-refractivity contribution is 0.294. The van der Waals surface area contributed by atoms with E-state index in [1.54, 1.807) is 6.07 Å². The van der Waals surface area contributed by atoms with Gasteiger partial charge in [0.25, 0.3) is 0 Å². The first-order valence-corrected chi connectivity index (χ1v) is 6.96. The summed E-state index contributed by atoms with van der Waals surface area (Å²) in [6, 6.07) is 4.89. The molecule has 1 aromatic heterocycles. The predicted octanol–water partition coefficient (Wildman–Crippen LogP) is 2.91. The van der Waals surface area contributed by atoms with Gasteiger partial charge in [-0.15, -0.1) is 0 Å². The van der Waals surface area contributed by atoms with Crippen LogP contribution in [0.4, 0.5) is 10.3 Å². The second kappa shape index (κ2) is 5.79. The average Bonchev–Trinajstić information content (AvgIpc) is 2.61. The summed E-state index contributed by atoms with van der Waals surface area (Å²) >= 11 is 0. The predicted molar refractivity (Wildman–Crippen MR) is 81.1 cm³/mol. The summed E-state index contributed by atoms with van der Waals surface area (Å²) in [6.07, 6.45) is 1.01. The highest BCUT2D eigenvalue weighted by Gasteiger charge is 2.20. The molecule has 5 heteroatoms. The molecule has 1 aromatic carbocycles. The standard InChI is InChI=1S/C15H23FN4/c1-10(2)7-12(9-19(3)4)20-14-6-5-11(16)8-13(14)18-15(20)17/h5-6,8,10,12H,7,9H2,1-4H3,(H2,17,18). The molecule has 20 heavy (non-hydrogen) atoms. The van der Waals surface area contributed by atoms with Gasteiger partial charge >= 0.3 is 0 Å². The Balaban J connectivity index is 2.48. The topological polar surface area (TPSA) is 47.1 Å². The first kappa shape index (κ1) is 14.8. The molecular formula is C15H23FN4. The van der Waals surface area contributed by atoms with Crippen LogP contribution in [-0.4, -0.2) is 35.1 Å². The maximum absolute atomic E-state index is 13.3. The van der Waals surface area contributed by atoms with E-state index in [4.69, 9.17) is 5.73 Å². The van der Waals surface area contributed by atoms with E-state index < -0.39 is 0 Å². The third-order valence-electron chi connectivity index (χ3n) is 3.36. The summed E-state index contributed by atoms with van der Waals surface area (Å²) in [6.45, 7) is 5.26. The Morgan fingerprint density at radius 2 is 2.05 bits per heavy atom. The van der Waals surface area contributed by atoms with E-state index in [2.05, 4.69) is 23.7 Å². The fraction of sp³-hybridized carbons (Fsp3) is 0.533. The highest BCUT2D eigenvalue weighted by atomic mass is 19.1. The van der Waals surface area contributed by atoms with Crippen molar-refractivity contribution in [2.24, 2.45) is 5.92 Å². The molecule has 0 bridgehead atoms. The first-order chi connectivity index (χ1) is 9.38. The molecule has 0 fully saturated rings. The lowest BCUT2D eigenvalue weighted by atomic mass is 10.0. The number of imidazole rings is 1. The SMILES string of the molecule is CC(C)CC(CN(C)C)n1c(N)nc2cc(F)ccc21. The van der Waals surface area contributed by atoms with Crippen LogP contribution in [0.5, 0.6) is 0 Å². The summed E-state index contributed by atoms with van der Waals surface area (Å²) < 4.78 is 15.3. The van der Waals surface area contributed by atoms with Gasteiger partial charge < -0.3 is 15.2 Å². The van der Waals surface area contributed by atoms with Crippen molar-refractivity contribution in [2.75, 3.05) is 26.4 Å². The minimum absolute atomic E-state index is 0.237. The molecule has 1 atom stereocenters. The highest BCUT2D eigenvalue weighted by molar-refractivity contribution is 5.78. The smallest absolute Gasteiger partial charge is 0.201 e. The second-order valence-corrected chi connectivity index (χ2v) is 6.02. The number of anilines is 1. The Bertz CT molecular complexity index is 579. The van der Waals surface area contributed by atoms with Gasteiger partial charge in [0.2, 0.25) is 5.95 Å². The van der Waals surface area contributed by atoms with E-state index in [0.29, 0.717) is 17.4 Å². The lowest BCUT2D eigenvalue weighted by Crippen LogP contribution is -2.26. The number of nitrogens with two attached hydrogens (primary N) is 1. The van der Waals surface area contributed by atoms with Crippen molar-refractivity contribution in [3.63, 3.8) is 0 Å². The van der Waals surface area contributed by atoms with Crippen LogP contribution in [0.3, 0.4) is 0 Å². The maximum Gasteiger partial charge on any atom is 0.201 e. The van der Waals surface area contributed by atoms with Crippen LogP contribution >= 0.6 is 0 Å². The lowest BCUT2D eigenvalue weighted by Gasteiger charge is -2.25. The van der Waals surface area contributed by atoms with E-state index in [0.717, 1.165) is 18.5 Å². The van der Waals surface area contributed by atoms with E-state index in [1.165, 1.54) is 12.1 Å². The van der Waals surface area contributed by atoms with Crippen molar-refractivity contribution >= 4 is 17.0 Å². The number of nitrogen functional groups attached to an aromatic ring is 1. The van der Waals surface area contributed by atoms with Gasteiger partial charge in [-0.2, -0.15) is 0 Å². The van der Waals surface area contributed by atoms with Crippen molar-refractivity contribution in [3.8, 4) is 0 Å². The van der Waals surface area contributed by atoms with Crippen molar-refractivity contribution in [1.82, 2.24) is 14.5 Å². The van der Waals surface area contributed by atoms with Crippen molar-refractivity contribution in [3.05, 3.63) is 24.0 Å². The molecular weight excluding hydrogens is 255 g/mol. The molecule has 0 aliphatic heterocycles. The van der Waals surface area contributed by atoms with Crippen LogP contribution in [0.15, 0.2) is 18.2 Å². The number of rotatable bonds is 5. The third kappa shape index (κ3) is 3.10. The Kier molecular flexibility index (Phi) is 4.28. The average molecular weight is 278 g/mol. The van der Waals surface area contributed by atoms with E-state index in [9.17, 15) is 4.39 Å². The Hall–Kier alpha value is -1.62. The van der Waals surface area contributed by atoms with Crippen molar-refractivity contribution < 1.29 is 4.39 Å². The van der Waals surface area contributed by atoms with Gasteiger partial charge in [-0.3, -0.25) is 0 Å². The molecule has 0 spiro atoms. The second-order valence-electron chi connectivity index (χ2n) is 6.02. The van der Waals surface area contributed by atoms with Crippen LogP contribution in [-0.2, 0) is 0 Å². The van der Waals surface area contributed by atoms with E-state index in [1.807, 2.05) is 18.7 Å². The molecule has 4 nitrogen and oxygen atoms in total. The number of benzene rings is 1. The van der Waals surface area contributed by atoms with Gasteiger partial charge in [-0.1, -0.05) is 13.8 Å². The largest absolute Gasteiger partial charge is 0.369 e. The quantitative estimate of drug-likeness (QED) is 0.914. The van der Waals surface area contributed by atoms with Crippen LogP contribution in [0.1, 0.15) is 26.3 Å². The minimum Gasteiger partial charge on any atom is -0.369 e. The molecule has 0 amide bonds. The number of aromatic nitrogens is 2. The van der Waals surface area contributed by atoms with Crippen LogP contribution in [0, 0.1) is 11.7 Å². The molecule has 0 saturated heterocycles. The first-order valence-electron chi connectivity index (χ1n) is 6.96. The molecule has 110 valence electrons. The number of halogens is 1. The summed E-state index contributed by atoms with van der Waals surface area (Å²) in [5.41, 5.74) is 7.59. The molecule has 0 aliphatic rings. The highest BCUT2D eigenvalue weighted by Crippen LogP contribution is 2.27. The van der Waals surface area contributed by atoms with Gasteiger partial charge in [0, 0.05) is 12.6 Å². The fourth-order valence-corrected chi connectivity index (χ4v) is 2.70. The van der Waals surface area contributed by atoms with Gasteiger partial charge in [0.15, 0.2) is 0 Å². The van der Waals surface area contributed by atoms with Gasteiger partial charge in [-0.25, -0.2) is 9.37 Å². The third-order valence-corrected chi connectivity index (χ3v) is 3.36. The number of hydrogen-bond donors (Lipinski definition) is 1. The molecule has 2 rings (SSSR count). The Labute approximate surface area is 119 Å². The van der Waals surface area contributed by atoms with E-state index in [-0.39, 0.29) is 11.9 Å². The molecule has 0 radical (unpaired) electrons. The summed E-state index contributed by atoms with van der Waals surface area (Å²) in [7, 11) is 4.09. The molecule has 1 unspecified atom stereocenters. The fourth-order valence-electron chi connectivity index (χ4n) is 2.70. The summed E-state index contributed by atoms with van der Waals surface area (Å²) in [5, 5.41) is 0. The Morgan fingerprint density at radius 1 is 1.35 bits per heavy atom. The monoisotopic (exact) mass is 278 g/mol. The Morgan fingerprint density at radius 3 is 2.65 bits per heavy atom. The zero-order valence-electron chi connectivity index (χ0n) is 12.6. The maximum atomic E-state index is 13.3. The summed E-state index contributed by atoms with van der Waals surface area (Å²) in [4.78, 5) is 6.43. The molecule has 0 saturated carbocycles. The molecule has 2 aromatic rings. The van der Waals surface area contributed by atoms with Crippen molar-refractivity contribution in [2.45, 2.75) is 26.3 Å².